The molecule has 0 saturated carbocycles. The summed E-state index contributed by atoms with van der Waals surface area (Å²) in [6.45, 7) is 1.80. The van der Waals surface area contributed by atoms with Gasteiger partial charge in [-0.2, -0.15) is 0 Å². The summed E-state index contributed by atoms with van der Waals surface area (Å²) in [4.78, 5) is 10.6. The van der Waals surface area contributed by atoms with Crippen molar-refractivity contribution in [1.82, 2.24) is 4.31 Å². The van der Waals surface area contributed by atoms with Gasteiger partial charge in [0, 0.05) is 13.5 Å². The van der Waals surface area contributed by atoms with Gasteiger partial charge in [0.25, 0.3) is 0 Å². The number of nitrogens with zero attached hydrogens (tertiary/aromatic N) is 1. The predicted molar refractivity (Wildman–Crippen MR) is 36.5 cm³/mol. The zero-order valence-electron chi connectivity index (χ0n) is 4.85. The van der Waals surface area contributed by atoms with E-state index in [0.29, 0.717) is 6.42 Å². The van der Waals surface area contributed by atoms with Crippen molar-refractivity contribution in [3.05, 3.63) is 0 Å². The van der Waals surface area contributed by atoms with Gasteiger partial charge in [0.15, 0.2) is 0 Å². The van der Waals surface area contributed by atoms with E-state index < -0.39 is 0 Å². The largest absolute Gasteiger partial charge is 0.276 e. The average molecular weight is 154 g/mol. The Kier molecular flexibility index (Phi) is 4.09. The normalized spacial score (nSPS) is 8.88. The Morgan fingerprint density at radius 3 is 2.50 bits per heavy atom. The Balaban J connectivity index is 3.46. The van der Waals surface area contributed by atoms with Crippen LogP contribution in [0.25, 0.3) is 0 Å². The van der Waals surface area contributed by atoms with E-state index in [0.717, 1.165) is 11.2 Å². The Hall–Kier alpha value is 0.110. The second-order valence-corrected chi connectivity index (χ2v) is 2.41. The first-order valence-corrected chi connectivity index (χ1v) is 3.87. The monoisotopic (exact) mass is 153 g/mol. The van der Waals surface area contributed by atoms with Crippen molar-refractivity contribution in [1.29, 1.82) is 0 Å². The van der Waals surface area contributed by atoms with Gasteiger partial charge in [0.2, 0.25) is 5.91 Å². The van der Waals surface area contributed by atoms with Crippen molar-refractivity contribution in [3.8, 4) is 0 Å². The fourth-order valence-corrected chi connectivity index (χ4v) is 0.698. The third-order valence-corrected chi connectivity index (χ3v) is 1.79. The number of carbonyl (C=O) groups is 1. The van der Waals surface area contributed by atoms with E-state index in [4.69, 9.17) is 10.7 Å². The molecule has 0 fully saturated rings. The van der Waals surface area contributed by atoms with Gasteiger partial charge in [-0.3, -0.25) is 9.10 Å². The molecule has 0 saturated heterocycles. The van der Waals surface area contributed by atoms with E-state index in [1.807, 2.05) is 0 Å². The molecule has 0 aliphatic carbocycles. The van der Waals surface area contributed by atoms with Crippen LogP contribution in [-0.4, -0.2) is 17.3 Å². The van der Waals surface area contributed by atoms with Gasteiger partial charge in [-0.25, -0.2) is 0 Å². The van der Waals surface area contributed by atoms with Crippen LogP contribution in [-0.2, 0) is 4.79 Å². The average Bonchev–Trinajstić information content (AvgIpc) is 1.84. The minimum atomic E-state index is 0.0463. The molecule has 0 unspecified atom stereocenters. The molecule has 0 aliphatic rings. The summed E-state index contributed by atoms with van der Waals surface area (Å²) < 4.78 is 1.39. The summed E-state index contributed by atoms with van der Waals surface area (Å²) in [7, 11) is 6.89. The Labute approximate surface area is 57.8 Å². The lowest BCUT2D eigenvalue weighted by molar-refractivity contribution is -0.124. The number of hydrogen-bond acceptors (Lipinski definition) is 2. The molecule has 2 nitrogen and oxygen atoms in total. The first kappa shape index (κ1) is 8.11. The van der Waals surface area contributed by atoms with Crippen LogP contribution in [0, 0.1) is 0 Å². The second kappa shape index (κ2) is 4.04. The number of rotatable bonds is 2. The first-order chi connectivity index (χ1) is 3.72. The van der Waals surface area contributed by atoms with Crippen LogP contribution >= 0.6 is 21.8 Å². The minimum Gasteiger partial charge on any atom is -0.276 e. The highest BCUT2D eigenvalue weighted by atomic mass is 35.7. The van der Waals surface area contributed by atoms with Gasteiger partial charge >= 0.3 is 0 Å². The van der Waals surface area contributed by atoms with Crippen molar-refractivity contribution in [2.45, 2.75) is 13.3 Å². The number of halogens is 1. The molecule has 0 bridgehead atoms. The Morgan fingerprint density at radius 1 is 1.88 bits per heavy atom. The van der Waals surface area contributed by atoms with Crippen molar-refractivity contribution in [2.24, 2.45) is 0 Å². The van der Waals surface area contributed by atoms with Crippen LogP contribution in [0.15, 0.2) is 0 Å². The van der Waals surface area contributed by atoms with E-state index >= 15 is 0 Å². The fourth-order valence-electron chi connectivity index (χ4n) is 0.261. The maximum absolute atomic E-state index is 10.6. The van der Waals surface area contributed by atoms with Crippen molar-refractivity contribution in [2.75, 3.05) is 7.05 Å². The highest BCUT2D eigenvalue weighted by Crippen LogP contribution is 2.11. The third kappa shape index (κ3) is 2.43. The molecule has 0 spiro atoms. The molecule has 0 aromatic heterocycles. The standard InChI is InChI=1S/C4H8ClNOS/c1-3-4(7)6(2)8-5/h3H2,1-2H3. The van der Waals surface area contributed by atoms with Gasteiger partial charge in [0.1, 0.15) is 0 Å². The molecular weight excluding hydrogens is 146 g/mol. The Morgan fingerprint density at radius 2 is 2.38 bits per heavy atom. The van der Waals surface area contributed by atoms with Crippen LogP contribution in [0.4, 0.5) is 0 Å². The predicted octanol–water partition coefficient (Wildman–Crippen LogP) is 1.66. The summed E-state index contributed by atoms with van der Waals surface area (Å²) >= 11 is 0.913. The van der Waals surface area contributed by atoms with Gasteiger partial charge < -0.3 is 0 Å². The smallest absolute Gasteiger partial charge is 0.232 e. The van der Waals surface area contributed by atoms with Crippen LogP contribution in [0.5, 0.6) is 0 Å². The molecule has 0 radical (unpaired) electrons. The molecule has 0 rings (SSSR count). The van der Waals surface area contributed by atoms with Crippen LogP contribution in [0.3, 0.4) is 0 Å². The first-order valence-electron chi connectivity index (χ1n) is 2.27. The van der Waals surface area contributed by atoms with Crippen molar-refractivity contribution < 1.29 is 4.79 Å². The van der Waals surface area contributed by atoms with Crippen LogP contribution in [0.2, 0.25) is 0 Å². The zero-order chi connectivity index (χ0) is 6.57. The summed E-state index contributed by atoms with van der Waals surface area (Å²) in [5.41, 5.74) is 0. The lowest BCUT2D eigenvalue weighted by atomic mass is 10.5. The SMILES string of the molecule is CCC(=O)N(C)SCl. The molecule has 8 heavy (non-hydrogen) atoms. The van der Waals surface area contributed by atoms with E-state index in [1.54, 1.807) is 14.0 Å². The molecule has 0 aromatic rings. The molecule has 0 aromatic carbocycles. The molecule has 0 heterocycles. The van der Waals surface area contributed by atoms with Gasteiger partial charge in [0.05, 0.1) is 11.2 Å². The van der Waals surface area contributed by atoms with E-state index in [2.05, 4.69) is 0 Å². The second-order valence-electron chi connectivity index (χ2n) is 1.31. The number of amides is 1. The van der Waals surface area contributed by atoms with Crippen molar-refractivity contribution in [3.63, 3.8) is 0 Å². The molecule has 0 N–H and O–H groups in total. The minimum absolute atomic E-state index is 0.0463. The Bertz CT molecular complexity index is 88.1. The van der Waals surface area contributed by atoms with Gasteiger partial charge in [-0.1, -0.05) is 6.92 Å². The van der Waals surface area contributed by atoms with Gasteiger partial charge in [-0.05, 0) is 10.7 Å². The molecule has 0 aliphatic heterocycles. The van der Waals surface area contributed by atoms with E-state index in [-0.39, 0.29) is 5.91 Å². The lowest BCUT2D eigenvalue weighted by Gasteiger charge is -2.07. The lowest BCUT2D eigenvalue weighted by Crippen LogP contribution is -2.15. The molecular formula is C4H8ClNOS. The van der Waals surface area contributed by atoms with Crippen LogP contribution in [0.1, 0.15) is 13.3 Å². The van der Waals surface area contributed by atoms with Crippen molar-refractivity contribution >= 4 is 27.8 Å². The topological polar surface area (TPSA) is 20.3 Å². The highest BCUT2D eigenvalue weighted by molar-refractivity contribution is 8.19. The zero-order valence-corrected chi connectivity index (χ0v) is 6.42. The quantitative estimate of drug-likeness (QED) is 0.563. The summed E-state index contributed by atoms with van der Waals surface area (Å²) in [6, 6.07) is 0. The number of hydrogen-bond donors (Lipinski definition) is 0. The maximum atomic E-state index is 10.6. The highest BCUT2D eigenvalue weighted by Gasteiger charge is 2.02. The summed E-state index contributed by atoms with van der Waals surface area (Å²) in [5, 5.41) is 0. The molecule has 4 heteroatoms. The molecule has 0 atom stereocenters. The molecule has 1 amide bonds. The van der Waals surface area contributed by atoms with E-state index in [9.17, 15) is 4.79 Å². The molecule has 48 valence electrons. The number of carbonyl (C=O) groups excluding carboxylic acids is 1. The summed E-state index contributed by atoms with van der Waals surface area (Å²) in [6.07, 6.45) is 0.510. The van der Waals surface area contributed by atoms with E-state index in [1.165, 1.54) is 4.31 Å². The fraction of sp³-hybridized carbons (Fsp3) is 0.750. The summed E-state index contributed by atoms with van der Waals surface area (Å²) in [5.74, 6) is 0.0463. The van der Waals surface area contributed by atoms with Crippen LogP contribution < -0.4 is 0 Å². The third-order valence-electron chi connectivity index (χ3n) is 0.757. The maximum Gasteiger partial charge on any atom is 0.232 e. The van der Waals surface area contributed by atoms with Gasteiger partial charge in [-0.15, -0.1) is 0 Å².